The number of carbonyl (C=O) groups excluding carboxylic acids is 1. The predicted octanol–water partition coefficient (Wildman–Crippen LogP) is 1.79. The van der Waals surface area contributed by atoms with E-state index in [0.717, 1.165) is 12.0 Å². The van der Waals surface area contributed by atoms with Crippen LogP contribution in [0.5, 0.6) is 0 Å². The molecule has 0 bridgehead atoms. The SMILES string of the molecule is Cc1ccc(N(CC(=O)O)C(=O)C(C)CCCN)cc1. The summed E-state index contributed by atoms with van der Waals surface area (Å²) in [4.78, 5) is 24.7. The van der Waals surface area contributed by atoms with E-state index in [4.69, 9.17) is 10.8 Å². The number of hydrogen-bond donors (Lipinski definition) is 2. The maximum Gasteiger partial charge on any atom is 0.323 e. The zero-order valence-electron chi connectivity index (χ0n) is 12.0. The van der Waals surface area contributed by atoms with Crippen molar-refractivity contribution in [3.05, 3.63) is 29.8 Å². The second-order valence-corrected chi connectivity index (χ2v) is 4.99. The molecule has 110 valence electrons. The van der Waals surface area contributed by atoms with Crippen LogP contribution in [0.4, 0.5) is 5.69 Å². The normalized spacial score (nSPS) is 11.9. The van der Waals surface area contributed by atoms with Gasteiger partial charge in [0.15, 0.2) is 0 Å². The Morgan fingerprint density at radius 2 is 1.90 bits per heavy atom. The summed E-state index contributed by atoms with van der Waals surface area (Å²) in [6.07, 6.45) is 1.42. The van der Waals surface area contributed by atoms with E-state index >= 15 is 0 Å². The largest absolute Gasteiger partial charge is 0.480 e. The first-order chi connectivity index (χ1) is 9.45. The lowest BCUT2D eigenvalue weighted by atomic mass is 10.0. The first-order valence-electron chi connectivity index (χ1n) is 6.75. The molecule has 0 radical (unpaired) electrons. The van der Waals surface area contributed by atoms with E-state index in [9.17, 15) is 9.59 Å². The van der Waals surface area contributed by atoms with Gasteiger partial charge in [0, 0.05) is 11.6 Å². The molecule has 0 fully saturated rings. The summed E-state index contributed by atoms with van der Waals surface area (Å²) < 4.78 is 0. The second kappa shape index (κ2) is 7.65. The number of carbonyl (C=O) groups is 2. The highest BCUT2D eigenvalue weighted by Gasteiger charge is 2.23. The van der Waals surface area contributed by atoms with Gasteiger partial charge in [-0.3, -0.25) is 9.59 Å². The highest BCUT2D eigenvalue weighted by Crippen LogP contribution is 2.19. The van der Waals surface area contributed by atoms with E-state index in [-0.39, 0.29) is 18.4 Å². The molecule has 1 aromatic carbocycles. The molecule has 0 aliphatic carbocycles. The molecule has 0 aliphatic rings. The molecule has 1 atom stereocenters. The first-order valence-corrected chi connectivity index (χ1v) is 6.75. The third-order valence-corrected chi connectivity index (χ3v) is 3.17. The van der Waals surface area contributed by atoms with Gasteiger partial charge >= 0.3 is 5.97 Å². The Morgan fingerprint density at radius 1 is 1.30 bits per heavy atom. The van der Waals surface area contributed by atoms with Crippen LogP contribution in [-0.4, -0.2) is 30.1 Å². The molecule has 1 aromatic rings. The average Bonchev–Trinajstić information content (AvgIpc) is 2.42. The van der Waals surface area contributed by atoms with Gasteiger partial charge in [0.1, 0.15) is 6.54 Å². The molecule has 20 heavy (non-hydrogen) atoms. The third-order valence-electron chi connectivity index (χ3n) is 3.17. The number of anilines is 1. The van der Waals surface area contributed by atoms with Crippen molar-refractivity contribution in [2.45, 2.75) is 26.7 Å². The summed E-state index contributed by atoms with van der Waals surface area (Å²) in [5, 5.41) is 8.99. The summed E-state index contributed by atoms with van der Waals surface area (Å²) in [5.41, 5.74) is 7.12. The monoisotopic (exact) mass is 278 g/mol. The Kier molecular flexibility index (Phi) is 6.18. The van der Waals surface area contributed by atoms with Gasteiger partial charge in [-0.1, -0.05) is 24.6 Å². The summed E-state index contributed by atoms with van der Waals surface area (Å²) in [5.74, 6) is -1.44. The van der Waals surface area contributed by atoms with Crippen LogP contribution in [0.25, 0.3) is 0 Å². The number of nitrogens with two attached hydrogens (primary N) is 1. The fourth-order valence-electron chi connectivity index (χ4n) is 1.97. The van der Waals surface area contributed by atoms with Crippen LogP contribution < -0.4 is 10.6 Å². The zero-order valence-corrected chi connectivity index (χ0v) is 12.0. The van der Waals surface area contributed by atoms with Gasteiger partial charge in [-0.25, -0.2) is 0 Å². The van der Waals surface area contributed by atoms with Crippen LogP contribution in [0.15, 0.2) is 24.3 Å². The summed E-state index contributed by atoms with van der Waals surface area (Å²) >= 11 is 0. The van der Waals surface area contributed by atoms with Crippen molar-refractivity contribution in [3.63, 3.8) is 0 Å². The second-order valence-electron chi connectivity index (χ2n) is 4.99. The fraction of sp³-hybridized carbons (Fsp3) is 0.467. The Morgan fingerprint density at radius 3 is 2.40 bits per heavy atom. The molecule has 1 rings (SSSR count). The Hall–Kier alpha value is -1.88. The van der Waals surface area contributed by atoms with Gasteiger partial charge in [-0.05, 0) is 38.4 Å². The minimum absolute atomic E-state index is 0.176. The van der Waals surface area contributed by atoms with Crippen molar-refractivity contribution in [2.24, 2.45) is 11.7 Å². The topological polar surface area (TPSA) is 83.6 Å². The molecular formula is C15H22N2O3. The molecule has 0 aliphatic heterocycles. The highest BCUT2D eigenvalue weighted by atomic mass is 16.4. The summed E-state index contributed by atoms with van der Waals surface area (Å²) in [6, 6.07) is 7.27. The van der Waals surface area contributed by atoms with E-state index in [1.807, 2.05) is 19.1 Å². The minimum Gasteiger partial charge on any atom is -0.480 e. The van der Waals surface area contributed by atoms with Crippen LogP contribution in [0.2, 0.25) is 0 Å². The van der Waals surface area contributed by atoms with Crippen LogP contribution >= 0.6 is 0 Å². The molecule has 3 N–H and O–H groups in total. The van der Waals surface area contributed by atoms with Crippen molar-refractivity contribution in [3.8, 4) is 0 Å². The minimum atomic E-state index is -1.02. The van der Waals surface area contributed by atoms with Gasteiger partial charge in [0.25, 0.3) is 0 Å². The molecule has 0 heterocycles. The van der Waals surface area contributed by atoms with E-state index in [0.29, 0.717) is 18.7 Å². The zero-order chi connectivity index (χ0) is 15.1. The molecular weight excluding hydrogens is 256 g/mol. The first kappa shape index (κ1) is 16.2. The van der Waals surface area contributed by atoms with Gasteiger partial charge in [0.05, 0.1) is 0 Å². The Bertz CT molecular complexity index is 457. The van der Waals surface area contributed by atoms with Crippen LogP contribution in [0, 0.1) is 12.8 Å². The van der Waals surface area contributed by atoms with Gasteiger partial charge in [-0.2, -0.15) is 0 Å². The lowest BCUT2D eigenvalue weighted by molar-refractivity contribution is -0.137. The number of amides is 1. The molecule has 1 amide bonds. The van der Waals surface area contributed by atoms with E-state index in [1.165, 1.54) is 4.90 Å². The Balaban J connectivity index is 2.91. The maximum absolute atomic E-state index is 12.4. The number of carboxylic acids is 1. The number of aliphatic carboxylic acids is 1. The van der Waals surface area contributed by atoms with E-state index in [2.05, 4.69) is 0 Å². The van der Waals surface area contributed by atoms with Crippen molar-refractivity contribution in [1.82, 2.24) is 0 Å². The number of carboxylic acid groups (broad SMARTS) is 1. The van der Waals surface area contributed by atoms with Crippen LogP contribution in [-0.2, 0) is 9.59 Å². The lowest BCUT2D eigenvalue weighted by Gasteiger charge is -2.24. The average molecular weight is 278 g/mol. The number of aryl methyl sites for hydroxylation is 1. The van der Waals surface area contributed by atoms with Gasteiger partial charge in [0.2, 0.25) is 5.91 Å². The summed E-state index contributed by atoms with van der Waals surface area (Å²) in [7, 11) is 0. The number of nitrogens with zero attached hydrogens (tertiary/aromatic N) is 1. The van der Waals surface area contributed by atoms with Crippen LogP contribution in [0.1, 0.15) is 25.3 Å². The molecule has 0 aromatic heterocycles. The molecule has 0 saturated carbocycles. The quantitative estimate of drug-likeness (QED) is 0.796. The standard InChI is InChI=1S/C15H22N2O3/c1-11-5-7-13(8-6-11)17(10-14(18)19)15(20)12(2)4-3-9-16/h5-8,12H,3-4,9-10,16H2,1-2H3,(H,18,19). The van der Waals surface area contributed by atoms with E-state index in [1.54, 1.807) is 19.1 Å². The predicted molar refractivity (Wildman–Crippen MR) is 78.6 cm³/mol. The third kappa shape index (κ3) is 4.66. The van der Waals surface area contributed by atoms with Crippen molar-refractivity contribution in [1.29, 1.82) is 0 Å². The molecule has 0 spiro atoms. The highest BCUT2D eigenvalue weighted by molar-refractivity contribution is 5.98. The van der Waals surface area contributed by atoms with Crippen molar-refractivity contribution < 1.29 is 14.7 Å². The molecule has 5 heteroatoms. The smallest absolute Gasteiger partial charge is 0.323 e. The number of rotatable bonds is 7. The fourth-order valence-corrected chi connectivity index (χ4v) is 1.97. The maximum atomic E-state index is 12.4. The number of benzene rings is 1. The van der Waals surface area contributed by atoms with Crippen molar-refractivity contribution in [2.75, 3.05) is 18.0 Å². The molecule has 5 nitrogen and oxygen atoms in total. The van der Waals surface area contributed by atoms with Crippen LogP contribution in [0.3, 0.4) is 0 Å². The molecule has 0 saturated heterocycles. The van der Waals surface area contributed by atoms with Crippen molar-refractivity contribution >= 4 is 17.6 Å². The summed E-state index contributed by atoms with van der Waals surface area (Å²) in [6.45, 7) is 3.95. The van der Waals surface area contributed by atoms with E-state index < -0.39 is 5.97 Å². The molecule has 1 unspecified atom stereocenters. The number of hydrogen-bond acceptors (Lipinski definition) is 3. The van der Waals surface area contributed by atoms with Gasteiger partial charge < -0.3 is 15.7 Å². The van der Waals surface area contributed by atoms with Gasteiger partial charge in [-0.15, -0.1) is 0 Å². The Labute approximate surface area is 119 Å². The lowest BCUT2D eigenvalue weighted by Crippen LogP contribution is -2.39.